The second-order valence-corrected chi connectivity index (χ2v) is 4.87. The molecule has 16 heavy (non-hydrogen) atoms. The van der Waals surface area contributed by atoms with E-state index in [4.69, 9.17) is 23.2 Å². The molecule has 4 nitrogen and oxygen atoms in total. The van der Waals surface area contributed by atoms with Crippen molar-refractivity contribution in [2.45, 2.75) is 26.2 Å². The van der Waals surface area contributed by atoms with Crippen molar-refractivity contribution in [1.29, 1.82) is 0 Å². The number of hydrogen-bond acceptors (Lipinski definition) is 4. The molecule has 1 atom stereocenters. The summed E-state index contributed by atoms with van der Waals surface area (Å²) in [5.74, 6) is 1.36. The molecule has 0 spiro atoms. The summed E-state index contributed by atoms with van der Waals surface area (Å²) in [6, 6.07) is 0. The molecule has 1 aliphatic rings. The predicted octanol–water partition coefficient (Wildman–Crippen LogP) is 2.80. The predicted molar refractivity (Wildman–Crippen MR) is 65.1 cm³/mol. The van der Waals surface area contributed by atoms with Crippen molar-refractivity contribution in [3.63, 3.8) is 0 Å². The Labute approximate surface area is 105 Å². The highest BCUT2D eigenvalue weighted by Crippen LogP contribution is 2.21. The quantitative estimate of drug-likeness (QED) is 0.779. The van der Waals surface area contributed by atoms with Crippen LogP contribution in [-0.2, 0) is 0 Å². The summed E-state index contributed by atoms with van der Waals surface area (Å²) in [6.45, 7) is 4.19. The maximum atomic E-state index is 5.77. The third kappa shape index (κ3) is 2.95. The van der Waals surface area contributed by atoms with Gasteiger partial charge in [0.15, 0.2) is 0 Å². The van der Waals surface area contributed by atoms with Crippen molar-refractivity contribution < 1.29 is 0 Å². The Bertz CT molecular complexity index is 352. The molecule has 1 aromatic heterocycles. The Kier molecular flexibility index (Phi) is 3.82. The fourth-order valence-corrected chi connectivity index (χ4v) is 2.28. The summed E-state index contributed by atoms with van der Waals surface area (Å²) >= 11 is 11.5. The lowest BCUT2D eigenvalue weighted by molar-refractivity contribution is 0.521. The van der Waals surface area contributed by atoms with Crippen LogP contribution in [-0.4, -0.2) is 28.0 Å². The first-order valence-electron chi connectivity index (χ1n) is 5.47. The zero-order valence-electron chi connectivity index (χ0n) is 9.16. The van der Waals surface area contributed by atoms with Crippen molar-refractivity contribution in [3.8, 4) is 0 Å². The molecular formula is C10H14Cl2N4. The largest absolute Gasteiger partial charge is 0.341 e. The second kappa shape index (κ2) is 5.15. The van der Waals surface area contributed by atoms with Crippen molar-refractivity contribution >= 4 is 29.2 Å². The molecule has 0 aliphatic carbocycles. The van der Waals surface area contributed by atoms with Gasteiger partial charge < -0.3 is 4.90 Å². The van der Waals surface area contributed by atoms with Crippen molar-refractivity contribution in [2.24, 2.45) is 5.92 Å². The van der Waals surface area contributed by atoms with Gasteiger partial charge in [0.05, 0.1) is 0 Å². The summed E-state index contributed by atoms with van der Waals surface area (Å²) in [5, 5.41) is 0.319. The molecule has 0 radical (unpaired) electrons. The van der Waals surface area contributed by atoms with Crippen molar-refractivity contribution in [2.75, 3.05) is 18.0 Å². The molecular weight excluding hydrogens is 247 g/mol. The minimum Gasteiger partial charge on any atom is -0.341 e. The number of nitrogens with zero attached hydrogens (tertiary/aromatic N) is 4. The Hall–Kier alpha value is -0.610. The molecule has 1 aromatic rings. The minimum absolute atomic E-state index is 0.160. The van der Waals surface area contributed by atoms with Crippen LogP contribution in [0.25, 0.3) is 0 Å². The zero-order chi connectivity index (χ0) is 11.5. The zero-order valence-corrected chi connectivity index (χ0v) is 10.7. The Morgan fingerprint density at radius 2 is 1.75 bits per heavy atom. The lowest BCUT2D eigenvalue weighted by Gasteiger charge is -2.19. The van der Waals surface area contributed by atoms with E-state index >= 15 is 0 Å². The molecule has 6 heteroatoms. The standard InChI is InChI=1S/C10H14Cl2N4/c1-7-3-2-5-16(6-4-7)10-14-8(11)13-9(12)15-10/h7H,2-6H2,1H3. The van der Waals surface area contributed by atoms with Crippen LogP contribution >= 0.6 is 23.2 Å². The van der Waals surface area contributed by atoms with Crippen molar-refractivity contribution in [1.82, 2.24) is 15.0 Å². The lowest BCUT2D eigenvalue weighted by atomic mass is 10.0. The normalized spacial score (nSPS) is 21.9. The third-order valence-corrected chi connectivity index (χ3v) is 3.21. The van der Waals surface area contributed by atoms with Gasteiger partial charge in [-0.3, -0.25) is 0 Å². The first-order chi connectivity index (χ1) is 7.65. The molecule has 2 heterocycles. The Morgan fingerprint density at radius 1 is 1.06 bits per heavy atom. The first-order valence-corrected chi connectivity index (χ1v) is 6.23. The number of hydrogen-bond donors (Lipinski definition) is 0. The molecule has 0 amide bonds. The van der Waals surface area contributed by atoms with Crippen molar-refractivity contribution in [3.05, 3.63) is 10.6 Å². The molecule has 1 unspecified atom stereocenters. The van der Waals surface area contributed by atoms with E-state index in [9.17, 15) is 0 Å². The molecule has 0 saturated carbocycles. The van der Waals surface area contributed by atoms with Gasteiger partial charge in [-0.1, -0.05) is 6.92 Å². The van der Waals surface area contributed by atoms with Gasteiger partial charge in [-0.2, -0.15) is 15.0 Å². The number of rotatable bonds is 1. The van der Waals surface area contributed by atoms with Gasteiger partial charge in [0, 0.05) is 13.1 Å². The van der Waals surface area contributed by atoms with E-state index in [2.05, 4.69) is 26.8 Å². The average Bonchev–Trinajstić information content (AvgIpc) is 2.41. The van der Waals surface area contributed by atoms with Gasteiger partial charge in [-0.05, 0) is 48.4 Å². The fourth-order valence-electron chi connectivity index (χ4n) is 1.92. The minimum atomic E-state index is 0.160. The highest BCUT2D eigenvalue weighted by atomic mass is 35.5. The second-order valence-electron chi connectivity index (χ2n) is 4.20. The van der Waals surface area contributed by atoms with Gasteiger partial charge >= 0.3 is 0 Å². The van der Waals surface area contributed by atoms with E-state index in [1.165, 1.54) is 6.42 Å². The molecule has 0 bridgehead atoms. The fraction of sp³-hybridized carbons (Fsp3) is 0.700. The highest BCUT2D eigenvalue weighted by molar-refractivity contribution is 6.31. The van der Waals surface area contributed by atoms with Crippen LogP contribution in [0, 0.1) is 5.92 Å². The molecule has 0 aromatic carbocycles. The molecule has 1 aliphatic heterocycles. The number of halogens is 2. The Balaban J connectivity index is 2.16. The first kappa shape index (κ1) is 11.9. The third-order valence-electron chi connectivity index (χ3n) is 2.87. The van der Waals surface area contributed by atoms with E-state index in [-0.39, 0.29) is 10.6 Å². The van der Waals surface area contributed by atoms with Crippen LogP contribution in [0.15, 0.2) is 0 Å². The van der Waals surface area contributed by atoms with Gasteiger partial charge in [0.25, 0.3) is 0 Å². The van der Waals surface area contributed by atoms with Gasteiger partial charge in [0.2, 0.25) is 16.5 Å². The summed E-state index contributed by atoms with van der Waals surface area (Å²) in [7, 11) is 0. The topological polar surface area (TPSA) is 41.9 Å². The summed E-state index contributed by atoms with van der Waals surface area (Å²) in [6.07, 6.45) is 3.56. The number of anilines is 1. The highest BCUT2D eigenvalue weighted by Gasteiger charge is 2.17. The number of aromatic nitrogens is 3. The van der Waals surface area contributed by atoms with E-state index in [1.54, 1.807) is 0 Å². The maximum absolute atomic E-state index is 5.77. The van der Waals surface area contributed by atoms with Crippen LogP contribution in [0.3, 0.4) is 0 Å². The average molecular weight is 261 g/mol. The van der Waals surface area contributed by atoms with Crippen LogP contribution in [0.2, 0.25) is 10.6 Å². The van der Waals surface area contributed by atoms with Gasteiger partial charge in [-0.15, -0.1) is 0 Å². The lowest BCUT2D eigenvalue weighted by Crippen LogP contribution is -2.26. The van der Waals surface area contributed by atoms with Crippen LogP contribution in [0.1, 0.15) is 26.2 Å². The van der Waals surface area contributed by atoms with Gasteiger partial charge in [0.1, 0.15) is 0 Å². The molecule has 88 valence electrons. The molecule has 2 rings (SSSR count). The molecule has 1 saturated heterocycles. The van der Waals surface area contributed by atoms with E-state index in [0.29, 0.717) is 5.95 Å². The SMILES string of the molecule is CC1CCCN(c2nc(Cl)nc(Cl)n2)CC1. The summed E-state index contributed by atoms with van der Waals surface area (Å²) in [5.41, 5.74) is 0. The van der Waals surface area contributed by atoms with Crippen LogP contribution in [0.4, 0.5) is 5.95 Å². The maximum Gasteiger partial charge on any atom is 0.230 e. The Morgan fingerprint density at radius 3 is 2.44 bits per heavy atom. The van der Waals surface area contributed by atoms with Crippen LogP contribution < -0.4 is 4.90 Å². The van der Waals surface area contributed by atoms with Gasteiger partial charge in [-0.25, -0.2) is 0 Å². The summed E-state index contributed by atoms with van der Waals surface area (Å²) in [4.78, 5) is 14.1. The summed E-state index contributed by atoms with van der Waals surface area (Å²) < 4.78 is 0. The smallest absolute Gasteiger partial charge is 0.230 e. The van der Waals surface area contributed by atoms with E-state index < -0.39 is 0 Å². The van der Waals surface area contributed by atoms with Crippen LogP contribution in [0.5, 0.6) is 0 Å². The molecule has 0 N–H and O–H groups in total. The van der Waals surface area contributed by atoms with E-state index in [0.717, 1.165) is 31.8 Å². The van der Waals surface area contributed by atoms with E-state index in [1.807, 2.05) is 0 Å². The molecule has 1 fully saturated rings. The monoisotopic (exact) mass is 260 g/mol.